The largest absolute Gasteiger partial charge is 0.370 e. The van der Waals surface area contributed by atoms with Gasteiger partial charge in [-0.2, -0.15) is 0 Å². The van der Waals surface area contributed by atoms with E-state index < -0.39 is 0 Å². The molecule has 1 aromatic carbocycles. The van der Waals surface area contributed by atoms with Gasteiger partial charge in [0.1, 0.15) is 6.54 Å². The monoisotopic (exact) mass is 300 g/mol. The van der Waals surface area contributed by atoms with E-state index >= 15 is 0 Å². The van der Waals surface area contributed by atoms with Crippen LogP contribution < -0.4 is 11.1 Å². The molecule has 1 amide bonds. The van der Waals surface area contributed by atoms with Crippen LogP contribution in [0.2, 0.25) is 0 Å². The third kappa shape index (κ3) is 3.59. The summed E-state index contributed by atoms with van der Waals surface area (Å²) in [5.41, 5.74) is 8.46. The van der Waals surface area contributed by atoms with Gasteiger partial charge in [0.15, 0.2) is 5.96 Å². The van der Waals surface area contributed by atoms with Crippen molar-refractivity contribution in [2.45, 2.75) is 44.7 Å². The van der Waals surface area contributed by atoms with Crippen LogP contribution in [0.4, 0.5) is 0 Å². The molecule has 1 heterocycles. The van der Waals surface area contributed by atoms with Gasteiger partial charge >= 0.3 is 0 Å². The fraction of sp³-hybridized carbons (Fsp3) is 0.529. The fourth-order valence-corrected chi connectivity index (χ4v) is 3.29. The molecule has 118 valence electrons. The molecule has 3 N–H and O–H groups in total. The summed E-state index contributed by atoms with van der Waals surface area (Å²) in [4.78, 5) is 18.4. The van der Waals surface area contributed by atoms with Gasteiger partial charge < -0.3 is 16.0 Å². The second-order valence-electron chi connectivity index (χ2n) is 6.16. The molecule has 3 rings (SSSR count). The first-order valence-electron chi connectivity index (χ1n) is 8.13. The minimum Gasteiger partial charge on any atom is -0.370 e. The number of hydrogen-bond acceptors (Lipinski definition) is 2. The van der Waals surface area contributed by atoms with Gasteiger partial charge in [-0.05, 0) is 30.4 Å². The van der Waals surface area contributed by atoms with Crippen LogP contribution in [0.15, 0.2) is 29.3 Å². The van der Waals surface area contributed by atoms with Gasteiger partial charge in [-0.1, -0.05) is 37.1 Å². The molecule has 5 heteroatoms. The Bertz CT molecular complexity index is 564. The molecule has 22 heavy (non-hydrogen) atoms. The fourth-order valence-electron chi connectivity index (χ4n) is 3.29. The van der Waals surface area contributed by atoms with E-state index in [-0.39, 0.29) is 12.5 Å². The highest BCUT2D eigenvalue weighted by atomic mass is 16.2. The topological polar surface area (TPSA) is 70.7 Å². The van der Waals surface area contributed by atoms with E-state index in [9.17, 15) is 4.79 Å². The van der Waals surface area contributed by atoms with Crippen molar-refractivity contribution < 1.29 is 4.79 Å². The second kappa shape index (κ2) is 6.81. The zero-order chi connectivity index (χ0) is 15.4. The number of guanidine groups is 1. The van der Waals surface area contributed by atoms with Crippen LogP contribution in [0, 0.1) is 0 Å². The molecule has 0 spiro atoms. The summed E-state index contributed by atoms with van der Waals surface area (Å²) in [5, 5.41) is 3.21. The molecule has 1 fully saturated rings. The predicted molar refractivity (Wildman–Crippen MR) is 87.4 cm³/mol. The minimum absolute atomic E-state index is 0.0469. The molecule has 0 saturated heterocycles. The lowest BCUT2D eigenvalue weighted by molar-refractivity contribution is -0.130. The zero-order valence-corrected chi connectivity index (χ0v) is 12.9. The number of amides is 1. The molecule has 0 radical (unpaired) electrons. The van der Waals surface area contributed by atoms with Gasteiger partial charge in [0, 0.05) is 19.1 Å². The Kier molecular flexibility index (Phi) is 4.61. The average Bonchev–Trinajstić information content (AvgIpc) is 3.05. The zero-order valence-electron chi connectivity index (χ0n) is 12.9. The number of carbonyl (C=O) groups excluding carboxylic acids is 1. The number of aliphatic imine (C=N–C) groups is 1. The van der Waals surface area contributed by atoms with E-state index in [0.29, 0.717) is 18.5 Å². The molecule has 0 atom stereocenters. The summed E-state index contributed by atoms with van der Waals surface area (Å²) in [6, 6.07) is 8.73. The first kappa shape index (κ1) is 14.9. The summed E-state index contributed by atoms with van der Waals surface area (Å²) in [5.74, 6) is 0.448. The summed E-state index contributed by atoms with van der Waals surface area (Å²) >= 11 is 0. The molecule has 1 aromatic rings. The summed E-state index contributed by atoms with van der Waals surface area (Å²) in [7, 11) is 0. The van der Waals surface area contributed by atoms with Crippen molar-refractivity contribution in [1.82, 2.24) is 10.2 Å². The Labute approximate surface area is 131 Å². The van der Waals surface area contributed by atoms with Gasteiger partial charge in [0.2, 0.25) is 5.91 Å². The maximum atomic E-state index is 12.3. The van der Waals surface area contributed by atoms with Gasteiger partial charge in [-0.3, -0.25) is 4.79 Å². The average molecular weight is 300 g/mol. The quantitative estimate of drug-likeness (QED) is 0.655. The van der Waals surface area contributed by atoms with Gasteiger partial charge in [-0.15, -0.1) is 0 Å². The first-order chi connectivity index (χ1) is 10.7. The number of nitrogens with zero attached hydrogens (tertiary/aromatic N) is 2. The Hall–Kier alpha value is -2.04. The van der Waals surface area contributed by atoms with Crippen molar-refractivity contribution in [3.63, 3.8) is 0 Å². The Morgan fingerprint density at radius 1 is 1.27 bits per heavy atom. The van der Waals surface area contributed by atoms with Crippen molar-refractivity contribution in [3.05, 3.63) is 35.4 Å². The summed E-state index contributed by atoms with van der Waals surface area (Å²) in [6.07, 6.45) is 5.70. The van der Waals surface area contributed by atoms with Crippen LogP contribution in [-0.4, -0.2) is 35.9 Å². The maximum absolute atomic E-state index is 12.3. The molecule has 1 saturated carbocycles. The number of nitrogens with two attached hydrogens (primary N) is 1. The Morgan fingerprint density at radius 2 is 2.00 bits per heavy atom. The van der Waals surface area contributed by atoms with E-state index in [0.717, 1.165) is 25.8 Å². The number of nitrogens with one attached hydrogen (secondary N) is 1. The van der Waals surface area contributed by atoms with Crippen molar-refractivity contribution in [3.8, 4) is 0 Å². The van der Waals surface area contributed by atoms with Gasteiger partial charge in [-0.25, -0.2) is 4.99 Å². The van der Waals surface area contributed by atoms with Crippen LogP contribution in [-0.2, 0) is 17.8 Å². The van der Waals surface area contributed by atoms with Crippen molar-refractivity contribution in [1.29, 1.82) is 0 Å². The molecule has 1 aliphatic heterocycles. The maximum Gasteiger partial charge on any atom is 0.244 e. The molecular formula is C17H24N4O. The van der Waals surface area contributed by atoms with Crippen LogP contribution in [0.3, 0.4) is 0 Å². The number of carbonyl (C=O) groups is 1. The molecule has 1 aliphatic carbocycles. The van der Waals surface area contributed by atoms with Gasteiger partial charge in [0.05, 0.1) is 0 Å². The van der Waals surface area contributed by atoms with Crippen molar-refractivity contribution in [2.24, 2.45) is 10.7 Å². The van der Waals surface area contributed by atoms with Crippen LogP contribution in [0.1, 0.15) is 36.8 Å². The second-order valence-corrected chi connectivity index (χ2v) is 6.16. The molecular weight excluding hydrogens is 276 g/mol. The first-order valence-corrected chi connectivity index (χ1v) is 8.13. The lowest BCUT2D eigenvalue weighted by atomic mass is 10.00. The lowest BCUT2D eigenvalue weighted by Gasteiger charge is -2.28. The third-order valence-electron chi connectivity index (χ3n) is 4.58. The highest BCUT2D eigenvalue weighted by molar-refractivity contribution is 5.84. The Morgan fingerprint density at radius 3 is 2.77 bits per heavy atom. The highest BCUT2D eigenvalue weighted by Gasteiger charge is 2.20. The SMILES string of the molecule is NC(=NCC(=O)N1CCc2ccccc2C1)NC1CCCC1. The molecule has 0 bridgehead atoms. The highest BCUT2D eigenvalue weighted by Crippen LogP contribution is 2.19. The van der Waals surface area contributed by atoms with Crippen LogP contribution in [0.5, 0.6) is 0 Å². The third-order valence-corrected chi connectivity index (χ3v) is 4.58. The normalized spacial score (nSPS) is 19.1. The lowest BCUT2D eigenvalue weighted by Crippen LogP contribution is -2.41. The number of benzene rings is 1. The van der Waals surface area contributed by atoms with E-state index in [1.807, 2.05) is 11.0 Å². The summed E-state index contributed by atoms with van der Waals surface area (Å²) in [6.45, 7) is 1.58. The van der Waals surface area contributed by atoms with Gasteiger partial charge in [0.25, 0.3) is 0 Å². The number of rotatable bonds is 3. The minimum atomic E-state index is 0.0469. The predicted octanol–water partition coefficient (Wildman–Crippen LogP) is 1.42. The van der Waals surface area contributed by atoms with Crippen molar-refractivity contribution >= 4 is 11.9 Å². The number of hydrogen-bond donors (Lipinski definition) is 2. The molecule has 0 unspecified atom stereocenters. The molecule has 2 aliphatic rings. The summed E-state index contributed by atoms with van der Waals surface area (Å²) < 4.78 is 0. The van der Waals surface area contributed by atoms with Crippen LogP contribution >= 0.6 is 0 Å². The molecule has 5 nitrogen and oxygen atoms in total. The van der Waals surface area contributed by atoms with Crippen LogP contribution in [0.25, 0.3) is 0 Å². The smallest absolute Gasteiger partial charge is 0.244 e. The standard InChI is InChI=1S/C17H24N4O/c18-17(20-15-7-3-4-8-15)19-11-16(22)21-10-9-13-5-1-2-6-14(13)12-21/h1-2,5-6,15H,3-4,7-12H2,(H3,18,19,20). The molecule has 0 aromatic heterocycles. The van der Waals surface area contributed by atoms with E-state index in [4.69, 9.17) is 5.73 Å². The van der Waals surface area contributed by atoms with E-state index in [1.54, 1.807) is 0 Å². The Balaban J connectivity index is 1.52. The van der Waals surface area contributed by atoms with E-state index in [1.165, 1.54) is 24.0 Å². The van der Waals surface area contributed by atoms with Crippen molar-refractivity contribution in [2.75, 3.05) is 13.1 Å². The number of fused-ring (bicyclic) bond motifs is 1. The van der Waals surface area contributed by atoms with E-state index in [2.05, 4.69) is 28.5 Å².